The number of phenols is 1. The molecule has 2 aromatic rings. The zero-order chi connectivity index (χ0) is 14.4. The number of rotatable bonds is 6. The highest BCUT2D eigenvalue weighted by Crippen LogP contribution is 2.21. The summed E-state index contributed by atoms with van der Waals surface area (Å²) in [7, 11) is 0. The van der Waals surface area contributed by atoms with Crippen molar-refractivity contribution in [2.75, 3.05) is 11.9 Å². The Kier molecular flexibility index (Phi) is 4.66. The Labute approximate surface area is 119 Å². The molecule has 0 aliphatic carbocycles. The third-order valence-electron chi connectivity index (χ3n) is 2.98. The molecule has 0 aliphatic heterocycles. The molecule has 20 heavy (non-hydrogen) atoms. The molecule has 0 saturated carbocycles. The van der Waals surface area contributed by atoms with E-state index >= 15 is 0 Å². The number of nitrogens with one attached hydrogen (secondary N) is 1. The highest BCUT2D eigenvalue weighted by Gasteiger charge is 2.00. The number of benzene rings is 2. The van der Waals surface area contributed by atoms with Gasteiger partial charge in [-0.25, -0.2) is 0 Å². The van der Waals surface area contributed by atoms with Crippen molar-refractivity contribution in [2.45, 2.75) is 13.5 Å². The summed E-state index contributed by atoms with van der Waals surface area (Å²) in [5.41, 5.74) is 3.22. The van der Waals surface area contributed by atoms with Gasteiger partial charge in [-0.15, -0.1) is 0 Å². The maximum Gasteiger partial charge on any atom is 0.119 e. The van der Waals surface area contributed by atoms with Crippen LogP contribution in [0, 0.1) is 6.92 Å². The summed E-state index contributed by atoms with van der Waals surface area (Å²) in [5.74, 6) is 1.13. The number of aryl methyl sites for hydroxylation is 1. The van der Waals surface area contributed by atoms with E-state index in [4.69, 9.17) is 4.74 Å². The van der Waals surface area contributed by atoms with Crippen LogP contribution in [0.4, 0.5) is 5.69 Å². The summed E-state index contributed by atoms with van der Waals surface area (Å²) >= 11 is 0. The van der Waals surface area contributed by atoms with Crippen LogP contribution in [0.5, 0.6) is 11.5 Å². The molecule has 3 nitrogen and oxygen atoms in total. The molecule has 0 aliphatic rings. The van der Waals surface area contributed by atoms with Gasteiger partial charge in [-0.3, -0.25) is 0 Å². The van der Waals surface area contributed by atoms with Crippen LogP contribution < -0.4 is 10.1 Å². The van der Waals surface area contributed by atoms with Crippen LogP contribution in [0.1, 0.15) is 11.1 Å². The van der Waals surface area contributed by atoms with Crippen LogP contribution in [0.25, 0.3) is 0 Å². The van der Waals surface area contributed by atoms with Gasteiger partial charge in [0.15, 0.2) is 0 Å². The Morgan fingerprint density at radius 3 is 2.60 bits per heavy atom. The minimum absolute atomic E-state index is 0.289. The van der Waals surface area contributed by atoms with Gasteiger partial charge < -0.3 is 15.2 Å². The van der Waals surface area contributed by atoms with Crippen LogP contribution in [-0.4, -0.2) is 11.7 Å². The van der Waals surface area contributed by atoms with E-state index in [2.05, 4.69) is 11.9 Å². The van der Waals surface area contributed by atoms with Crippen molar-refractivity contribution in [1.29, 1.82) is 0 Å². The minimum atomic E-state index is 0.289. The largest absolute Gasteiger partial charge is 0.508 e. The molecule has 2 aromatic carbocycles. The van der Waals surface area contributed by atoms with Gasteiger partial charge in [-0.2, -0.15) is 0 Å². The van der Waals surface area contributed by atoms with Crippen molar-refractivity contribution in [3.63, 3.8) is 0 Å². The fraction of sp³-hybridized carbons (Fsp3) is 0.176. The number of hydrogen-bond acceptors (Lipinski definition) is 3. The Hall–Kier alpha value is -2.42. The molecule has 0 bridgehead atoms. The zero-order valence-electron chi connectivity index (χ0n) is 11.6. The van der Waals surface area contributed by atoms with Gasteiger partial charge in [0, 0.05) is 12.2 Å². The van der Waals surface area contributed by atoms with Crippen LogP contribution in [0.15, 0.2) is 55.1 Å². The second-order valence-electron chi connectivity index (χ2n) is 4.60. The van der Waals surface area contributed by atoms with Crippen molar-refractivity contribution in [2.24, 2.45) is 0 Å². The predicted molar refractivity (Wildman–Crippen MR) is 82.3 cm³/mol. The maximum absolute atomic E-state index is 9.38. The lowest BCUT2D eigenvalue weighted by Gasteiger charge is -2.10. The van der Waals surface area contributed by atoms with E-state index < -0.39 is 0 Å². The average Bonchev–Trinajstić information content (AvgIpc) is 2.45. The Balaban J connectivity index is 1.95. The molecule has 0 radical (unpaired) electrons. The summed E-state index contributed by atoms with van der Waals surface area (Å²) < 4.78 is 5.44. The molecule has 0 unspecified atom stereocenters. The molecule has 3 heteroatoms. The fourth-order valence-corrected chi connectivity index (χ4v) is 1.90. The predicted octanol–water partition coefficient (Wildman–Crippen LogP) is 3.88. The molecule has 0 atom stereocenters. The number of anilines is 1. The van der Waals surface area contributed by atoms with Crippen LogP contribution in [0.3, 0.4) is 0 Å². The lowest BCUT2D eigenvalue weighted by atomic mass is 10.1. The van der Waals surface area contributed by atoms with Gasteiger partial charge in [0.25, 0.3) is 0 Å². The molecular formula is C17H19NO2. The SMILES string of the molecule is C=CCOc1ccc(CNc2ccc(O)cc2C)cc1. The second kappa shape index (κ2) is 6.66. The molecule has 0 heterocycles. The number of phenolic OH excluding ortho intramolecular Hbond substituents is 1. The van der Waals surface area contributed by atoms with Gasteiger partial charge in [0.2, 0.25) is 0 Å². The van der Waals surface area contributed by atoms with Crippen molar-refractivity contribution in [3.8, 4) is 11.5 Å². The molecule has 2 rings (SSSR count). The van der Waals surface area contributed by atoms with Gasteiger partial charge in [-0.1, -0.05) is 24.8 Å². The summed E-state index contributed by atoms with van der Waals surface area (Å²) in [5, 5.41) is 12.7. The standard InChI is InChI=1S/C17H19NO2/c1-3-10-20-16-7-4-14(5-8-16)12-18-17-9-6-15(19)11-13(17)2/h3-9,11,18-19H,1,10,12H2,2H3. The first-order chi connectivity index (χ1) is 9.69. The molecule has 0 saturated heterocycles. The number of hydrogen-bond donors (Lipinski definition) is 2. The van der Waals surface area contributed by atoms with Gasteiger partial charge in [-0.05, 0) is 48.4 Å². The van der Waals surface area contributed by atoms with E-state index in [1.807, 2.05) is 37.3 Å². The highest BCUT2D eigenvalue weighted by molar-refractivity contribution is 5.53. The zero-order valence-corrected chi connectivity index (χ0v) is 11.6. The van der Waals surface area contributed by atoms with E-state index in [-0.39, 0.29) is 5.75 Å². The smallest absolute Gasteiger partial charge is 0.119 e. The summed E-state index contributed by atoms with van der Waals surface area (Å²) in [4.78, 5) is 0. The Morgan fingerprint density at radius 2 is 1.95 bits per heavy atom. The van der Waals surface area contributed by atoms with E-state index in [0.29, 0.717) is 6.61 Å². The quantitative estimate of drug-likeness (QED) is 0.617. The lowest BCUT2D eigenvalue weighted by molar-refractivity contribution is 0.363. The van der Waals surface area contributed by atoms with Crippen molar-refractivity contribution in [1.82, 2.24) is 0 Å². The van der Waals surface area contributed by atoms with E-state index in [1.165, 1.54) is 5.56 Å². The molecule has 104 valence electrons. The fourth-order valence-electron chi connectivity index (χ4n) is 1.90. The molecule has 0 spiro atoms. The van der Waals surface area contributed by atoms with Gasteiger partial charge in [0.1, 0.15) is 18.1 Å². The summed E-state index contributed by atoms with van der Waals surface area (Å²) in [6.45, 7) is 6.83. The van der Waals surface area contributed by atoms with Crippen molar-refractivity contribution in [3.05, 3.63) is 66.2 Å². The number of aromatic hydroxyl groups is 1. The third kappa shape index (κ3) is 3.79. The average molecular weight is 269 g/mol. The summed E-state index contributed by atoms with van der Waals surface area (Å²) in [6, 6.07) is 13.3. The molecule has 0 amide bonds. The third-order valence-corrected chi connectivity index (χ3v) is 2.98. The second-order valence-corrected chi connectivity index (χ2v) is 4.60. The van der Waals surface area contributed by atoms with Gasteiger partial charge in [0.05, 0.1) is 0 Å². The van der Waals surface area contributed by atoms with Crippen LogP contribution >= 0.6 is 0 Å². The molecule has 0 aromatic heterocycles. The normalized spacial score (nSPS) is 10.1. The summed E-state index contributed by atoms with van der Waals surface area (Å²) in [6.07, 6.45) is 1.73. The van der Waals surface area contributed by atoms with Crippen LogP contribution in [-0.2, 0) is 6.54 Å². The monoisotopic (exact) mass is 269 g/mol. The molecule has 0 fully saturated rings. The first kappa shape index (κ1) is 14.0. The lowest BCUT2D eigenvalue weighted by Crippen LogP contribution is -2.01. The van der Waals surface area contributed by atoms with Crippen molar-refractivity contribution >= 4 is 5.69 Å². The van der Waals surface area contributed by atoms with E-state index in [9.17, 15) is 5.11 Å². The maximum atomic E-state index is 9.38. The Morgan fingerprint density at radius 1 is 1.20 bits per heavy atom. The van der Waals surface area contributed by atoms with E-state index in [0.717, 1.165) is 23.5 Å². The van der Waals surface area contributed by atoms with Crippen LogP contribution in [0.2, 0.25) is 0 Å². The Bertz CT molecular complexity index is 576. The highest BCUT2D eigenvalue weighted by atomic mass is 16.5. The molecule has 2 N–H and O–H groups in total. The van der Waals surface area contributed by atoms with Gasteiger partial charge >= 0.3 is 0 Å². The number of ether oxygens (including phenoxy) is 1. The van der Waals surface area contributed by atoms with Crippen molar-refractivity contribution < 1.29 is 9.84 Å². The molecular weight excluding hydrogens is 250 g/mol. The van der Waals surface area contributed by atoms with E-state index in [1.54, 1.807) is 18.2 Å². The minimum Gasteiger partial charge on any atom is -0.508 e. The topological polar surface area (TPSA) is 41.5 Å². The first-order valence-electron chi connectivity index (χ1n) is 6.55. The first-order valence-corrected chi connectivity index (χ1v) is 6.55.